The molecule has 0 saturated carbocycles. The third kappa shape index (κ3) is 3.41. The zero-order chi connectivity index (χ0) is 14.5. The first kappa shape index (κ1) is 13.6. The highest BCUT2D eigenvalue weighted by Crippen LogP contribution is 2.23. The fraction of sp³-hybridized carbons (Fsp3) is 0.200. The first-order valence-electron chi connectivity index (χ1n) is 6.73. The molecule has 3 aromatic rings. The number of thiophene rings is 1. The summed E-state index contributed by atoms with van der Waals surface area (Å²) in [5.41, 5.74) is 7.43. The molecule has 108 valence electrons. The molecular formula is C15H16N4OS. The predicted molar refractivity (Wildman–Crippen MR) is 84.3 cm³/mol. The minimum absolute atomic E-state index is 0.633. The lowest BCUT2D eigenvalue weighted by Crippen LogP contribution is -2.07. The number of hydrogen-bond donors (Lipinski definition) is 1. The number of hydrogen-bond acceptors (Lipinski definition) is 5. The van der Waals surface area contributed by atoms with Gasteiger partial charge in [-0.15, -0.1) is 16.4 Å². The molecule has 2 aromatic heterocycles. The van der Waals surface area contributed by atoms with Crippen molar-refractivity contribution in [3.8, 4) is 16.3 Å². The number of nitrogens with two attached hydrogens (primary N) is 1. The van der Waals surface area contributed by atoms with Gasteiger partial charge < -0.3 is 10.5 Å². The van der Waals surface area contributed by atoms with Crippen LogP contribution in [0.4, 0.5) is 5.69 Å². The van der Waals surface area contributed by atoms with E-state index < -0.39 is 0 Å². The fourth-order valence-corrected chi connectivity index (χ4v) is 2.75. The zero-order valence-electron chi connectivity index (χ0n) is 11.5. The van der Waals surface area contributed by atoms with Crippen LogP contribution in [0.5, 0.6) is 5.75 Å². The lowest BCUT2D eigenvalue weighted by Gasteiger charge is -2.07. The number of benzene rings is 1. The standard InChI is InChI=1S/C15H16N4OS/c16-12-4-6-13(7-5-12)20-9-2-8-19-14(11-17-18-19)15-3-1-10-21-15/h1,3-7,10-11H,2,8-9,16H2. The minimum Gasteiger partial charge on any atom is -0.494 e. The Balaban J connectivity index is 1.52. The van der Waals surface area contributed by atoms with Crippen molar-refractivity contribution in [1.29, 1.82) is 0 Å². The van der Waals surface area contributed by atoms with Crippen molar-refractivity contribution in [2.75, 3.05) is 12.3 Å². The third-order valence-electron chi connectivity index (χ3n) is 3.05. The maximum Gasteiger partial charge on any atom is 0.119 e. The summed E-state index contributed by atoms with van der Waals surface area (Å²) in [7, 11) is 0. The maximum atomic E-state index is 5.68. The smallest absolute Gasteiger partial charge is 0.119 e. The van der Waals surface area contributed by atoms with Crippen molar-refractivity contribution < 1.29 is 4.74 Å². The van der Waals surface area contributed by atoms with Gasteiger partial charge in [0.25, 0.3) is 0 Å². The summed E-state index contributed by atoms with van der Waals surface area (Å²) in [5.74, 6) is 0.835. The van der Waals surface area contributed by atoms with Gasteiger partial charge in [0.05, 0.1) is 23.4 Å². The van der Waals surface area contributed by atoms with Crippen molar-refractivity contribution in [1.82, 2.24) is 15.0 Å². The van der Waals surface area contributed by atoms with Crippen LogP contribution < -0.4 is 10.5 Å². The van der Waals surface area contributed by atoms with Crippen LogP contribution >= 0.6 is 11.3 Å². The highest BCUT2D eigenvalue weighted by molar-refractivity contribution is 7.13. The van der Waals surface area contributed by atoms with E-state index >= 15 is 0 Å². The summed E-state index contributed by atoms with van der Waals surface area (Å²) in [5, 5.41) is 10.2. The number of nitrogen functional groups attached to an aromatic ring is 1. The second kappa shape index (κ2) is 6.41. The summed E-state index contributed by atoms with van der Waals surface area (Å²) in [4.78, 5) is 1.18. The molecule has 0 unspecified atom stereocenters. The van der Waals surface area contributed by atoms with Gasteiger partial charge in [-0.05, 0) is 35.7 Å². The molecule has 0 amide bonds. The second-order valence-corrected chi connectivity index (χ2v) is 5.54. The molecule has 5 nitrogen and oxygen atoms in total. The lowest BCUT2D eigenvalue weighted by atomic mass is 10.3. The highest BCUT2D eigenvalue weighted by atomic mass is 32.1. The SMILES string of the molecule is Nc1ccc(OCCCn2nncc2-c2cccs2)cc1. The Kier molecular flexibility index (Phi) is 4.16. The van der Waals surface area contributed by atoms with Crippen LogP contribution in [0.1, 0.15) is 6.42 Å². The number of anilines is 1. The maximum absolute atomic E-state index is 5.68. The average molecular weight is 300 g/mol. The Morgan fingerprint density at radius 3 is 2.81 bits per heavy atom. The molecule has 0 saturated heterocycles. The molecular weight excluding hydrogens is 284 g/mol. The molecule has 2 N–H and O–H groups in total. The van der Waals surface area contributed by atoms with Crippen molar-refractivity contribution in [2.24, 2.45) is 0 Å². The molecule has 3 rings (SSSR count). The van der Waals surface area contributed by atoms with Crippen LogP contribution in [0.3, 0.4) is 0 Å². The zero-order valence-corrected chi connectivity index (χ0v) is 12.3. The average Bonchev–Trinajstić information content (AvgIpc) is 3.16. The van der Waals surface area contributed by atoms with Gasteiger partial charge in [-0.3, -0.25) is 0 Å². The molecule has 21 heavy (non-hydrogen) atoms. The normalized spacial score (nSPS) is 10.7. The largest absolute Gasteiger partial charge is 0.494 e. The number of rotatable bonds is 6. The molecule has 0 bridgehead atoms. The summed E-state index contributed by atoms with van der Waals surface area (Å²) in [6.45, 7) is 1.41. The Morgan fingerprint density at radius 1 is 1.19 bits per heavy atom. The third-order valence-corrected chi connectivity index (χ3v) is 3.95. The topological polar surface area (TPSA) is 66.0 Å². The van der Waals surface area contributed by atoms with E-state index in [9.17, 15) is 0 Å². The summed E-state index contributed by atoms with van der Waals surface area (Å²) in [6, 6.07) is 11.5. The van der Waals surface area contributed by atoms with Crippen LogP contribution in [0.25, 0.3) is 10.6 Å². The molecule has 0 spiro atoms. The molecule has 0 aliphatic rings. The van der Waals surface area contributed by atoms with Crippen molar-refractivity contribution in [2.45, 2.75) is 13.0 Å². The Hall–Kier alpha value is -2.34. The Morgan fingerprint density at radius 2 is 2.05 bits per heavy atom. The summed E-state index contributed by atoms with van der Waals surface area (Å²) in [6.07, 6.45) is 2.67. The van der Waals surface area contributed by atoms with E-state index in [1.54, 1.807) is 17.5 Å². The van der Waals surface area contributed by atoms with Gasteiger partial charge in [-0.2, -0.15) is 0 Å². The van der Waals surface area contributed by atoms with E-state index in [0.29, 0.717) is 6.61 Å². The Bertz CT molecular complexity index is 676. The van der Waals surface area contributed by atoms with E-state index in [2.05, 4.69) is 21.8 Å². The lowest BCUT2D eigenvalue weighted by molar-refractivity contribution is 0.298. The van der Waals surface area contributed by atoms with Gasteiger partial charge >= 0.3 is 0 Å². The van der Waals surface area contributed by atoms with Gasteiger partial charge in [-0.25, -0.2) is 4.68 Å². The number of ether oxygens (including phenoxy) is 1. The molecule has 6 heteroatoms. The summed E-state index contributed by atoms with van der Waals surface area (Å²) >= 11 is 1.69. The van der Waals surface area contributed by atoms with Crippen LogP contribution in [0.15, 0.2) is 48.0 Å². The second-order valence-electron chi connectivity index (χ2n) is 4.59. The van der Waals surface area contributed by atoms with Crippen LogP contribution in [-0.2, 0) is 6.54 Å². The molecule has 0 radical (unpaired) electrons. The number of aryl methyl sites for hydroxylation is 1. The van der Waals surface area contributed by atoms with Crippen LogP contribution in [0.2, 0.25) is 0 Å². The Labute approximate surface area is 127 Å². The van der Waals surface area contributed by atoms with Crippen LogP contribution in [0, 0.1) is 0 Å². The van der Waals surface area contributed by atoms with Crippen LogP contribution in [-0.4, -0.2) is 21.6 Å². The van der Waals surface area contributed by atoms with Crippen molar-refractivity contribution in [3.63, 3.8) is 0 Å². The molecule has 0 aliphatic heterocycles. The van der Waals surface area contributed by atoms with E-state index in [1.165, 1.54) is 4.88 Å². The van der Waals surface area contributed by atoms with Gasteiger partial charge in [-0.1, -0.05) is 11.3 Å². The van der Waals surface area contributed by atoms with Gasteiger partial charge in [0.2, 0.25) is 0 Å². The molecule has 0 aliphatic carbocycles. The van der Waals surface area contributed by atoms with Gasteiger partial charge in [0, 0.05) is 18.7 Å². The van der Waals surface area contributed by atoms with Gasteiger partial charge in [0.15, 0.2) is 0 Å². The van der Waals surface area contributed by atoms with E-state index in [-0.39, 0.29) is 0 Å². The molecule has 1 aromatic carbocycles. The highest BCUT2D eigenvalue weighted by Gasteiger charge is 2.07. The molecule has 2 heterocycles. The number of nitrogens with zero attached hydrogens (tertiary/aromatic N) is 3. The van der Waals surface area contributed by atoms with Crippen molar-refractivity contribution >= 4 is 17.0 Å². The fourth-order valence-electron chi connectivity index (χ4n) is 2.01. The van der Waals surface area contributed by atoms with Crippen molar-refractivity contribution in [3.05, 3.63) is 48.0 Å². The number of aromatic nitrogens is 3. The monoisotopic (exact) mass is 300 g/mol. The van der Waals surface area contributed by atoms with E-state index in [0.717, 1.165) is 30.1 Å². The molecule has 0 atom stereocenters. The first-order chi connectivity index (χ1) is 10.3. The van der Waals surface area contributed by atoms with Gasteiger partial charge in [0.1, 0.15) is 5.75 Å². The minimum atomic E-state index is 0.633. The first-order valence-corrected chi connectivity index (χ1v) is 7.61. The summed E-state index contributed by atoms with van der Waals surface area (Å²) < 4.78 is 7.59. The van der Waals surface area contributed by atoms with E-state index in [4.69, 9.17) is 10.5 Å². The predicted octanol–water partition coefficient (Wildman–Crippen LogP) is 3.06. The van der Waals surface area contributed by atoms with E-state index in [1.807, 2.05) is 35.0 Å². The quantitative estimate of drug-likeness (QED) is 0.561. The molecule has 0 fully saturated rings.